The molecule has 0 atom stereocenters. The van der Waals surface area contributed by atoms with Crippen LogP contribution in [0.3, 0.4) is 0 Å². The first-order valence-corrected chi connectivity index (χ1v) is 9.70. The first-order valence-electron chi connectivity index (χ1n) is 9.33. The highest BCUT2D eigenvalue weighted by molar-refractivity contribution is 6.31. The Bertz CT molecular complexity index is 866. The van der Waals surface area contributed by atoms with Crippen LogP contribution in [0, 0.1) is 11.2 Å². The minimum Gasteiger partial charge on any atom is -0.393 e. The molecule has 0 bridgehead atoms. The second-order valence-electron chi connectivity index (χ2n) is 8.01. The van der Waals surface area contributed by atoms with Crippen molar-refractivity contribution in [3.63, 3.8) is 0 Å². The zero-order valence-corrected chi connectivity index (χ0v) is 16.0. The number of amides is 1. The number of carbonyl (C=O) groups excluding carboxylic acids is 1. The molecule has 2 fully saturated rings. The van der Waals surface area contributed by atoms with Crippen LogP contribution in [0.2, 0.25) is 5.02 Å². The van der Waals surface area contributed by atoms with Crippen molar-refractivity contribution in [2.24, 2.45) is 12.5 Å². The van der Waals surface area contributed by atoms with E-state index >= 15 is 0 Å². The second kappa shape index (κ2) is 6.91. The number of aromatic nitrogens is 2. The van der Waals surface area contributed by atoms with Crippen LogP contribution in [-0.4, -0.2) is 26.7 Å². The maximum absolute atomic E-state index is 13.3. The van der Waals surface area contributed by atoms with Gasteiger partial charge in [-0.05, 0) is 62.1 Å². The van der Waals surface area contributed by atoms with Crippen molar-refractivity contribution >= 4 is 23.2 Å². The number of hydrogen-bond acceptors (Lipinski definition) is 3. The molecule has 27 heavy (non-hydrogen) atoms. The molecule has 1 aromatic heterocycles. The SMILES string of the molecule is Cn1cnc(C2CCC3(CC2)CC(O)C3)c1C(=O)Nc1ccc(F)c(Cl)c1. The summed E-state index contributed by atoms with van der Waals surface area (Å²) >= 11 is 5.80. The molecule has 1 spiro atoms. The molecule has 2 saturated carbocycles. The van der Waals surface area contributed by atoms with Gasteiger partial charge in [-0.25, -0.2) is 9.37 Å². The molecule has 4 rings (SSSR count). The van der Waals surface area contributed by atoms with E-state index in [1.54, 1.807) is 17.9 Å². The fourth-order valence-corrected chi connectivity index (χ4v) is 4.82. The van der Waals surface area contributed by atoms with Gasteiger partial charge in [0.25, 0.3) is 5.91 Å². The third kappa shape index (κ3) is 3.48. The van der Waals surface area contributed by atoms with Gasteiger partial charge in [-0.2, -0.15) is 0 Å². The summed E-state index contributed by atoms with van der Waals surface area (Å²) in [5, 5.41) is 12.4. The van der Waals surface area contributed by atoms with Crippen molar-refractivity contribution in [3.8, 4) is 0 Å². The molecule has 2 N–H and O–H groups in total. The van der Waals surface area contributed by atoms with Crippen LogP contribution in [0.25, 0.3) is 0 Å². The van der Waals surface area contributed by atoms with E-state index in [2.05, 4.69) is 10.3 Å². The number of benzene rings is 1. The number of carbonyl (C=O) groups is 1. The van der Waals surface area contributed by atoms with E-state index in [4.69, 9.17) is 11.6 Å². The molecule has 7 heteroatoms. The number of aliphatic hydroxyl groups excluding tert-OH is 1. The number of rotatable bonds is 3. The van der Waals surface area contributed by atoms with Crippen LogP contribution in [0.5, 0.6) is 0 Å². The van der Waals surface area contributed by atoms with Gasteiger partial charge in [0, 0.05) is 18.7 Å². The molecule has 2 aliphatic rings. The number of halogens is 2. The first kappa shape index (κ1) is 18.4. The number of anilines is 1. The lowest BCUT2D eigenvalue weighted by atomic mass is 9.57. The Morgan fingerprint density at radius 3 is 2.70 bits per heavy atom. The quantitative estimate of drug-likeness (QED) is 0.821. The van der Waals surface area contributed by atoms with E-state index < -0.39 is 5.82 Å². The zero-order valence-electron chi connectivity index (χ0n) is 15.2. The van der Waals surface area contributed by atoms with Crippen LogP contribution < -0.4 is 5.32 Å². The lowest BCUT2D eigenvalue weighted by molar-refractivity contribution is -0.0570. The molecular formula is C20H23ClFN3O2. The normalized spacial score (nSPS) is 27.4. The number of nitrogens with one attached hydrogen (secondary N) is 1. The number of aryl methyl sites for hydroxylation is 1. The average molecular weight is 392 g/mol. The number of imidazole rings is 1. The first-order chi connectivity index (χ1) is 12.9. The van der Waals surface area contributed by atoms with Gasteiger partial charge in [-0.15, -0.1) is 0 Å². The fourth-order valence-electron chi connectivity index (χ4n) is 4.64. The van der Waals surface area contributed by atoms with Gasteiger partial charge < -0.3 is 15.0 Å². The van der Waals surface area contributed by atoms with Gasteiger partial charge in [0.15, 0.2) is 0 Å². The Morgan fingerprint density at radius 2 is 2.07 bits per heavy atom. The Labute approximate surface area is 162 Å². The van der Waals surface area contributed by atoms with Crippen LogP contribution in [0.1, 0.15) is 60.6 Å². The van der Waals surface area contributed by atoms with Gasteiger partial charge in [-0.3, -0.25) is 4.79 Å². The summed E-state index contributed by atoms with van der Waals surface area (Å²) in [7, 11) is 1.80. The van der Waals surface area contributed by atoms with Crippen LogP contribution in [0.4, 0.5) is 10.1 Å². The number of hydrogen-bond donors (Lipinski definition) is 2. The molecule has 144 valence electrons. The lowest BCUT2D eigenvalue weighted by Crippen LogP contribution is -2.43. The molecule has 1 heterocycles. The van der Waals surface area contributed by atoms with E-state index in [0.717, 1.165) is 44.2 Å². The minimum absolute atomic E-state index is 0.0294. The largest absolute Gasteiger partial charge is 0.393 e. The van der Waals surface area contributed by atoms with E-state index in [1.165, 1.54) is 18.2 Å². The summed E-state index contributed by atoms with van der Waals surface area (Å²) in [6.07, 6.45) is 7.43. The molecular weight excluding hydrogens is 369 g/mol. The van der Waals surface area contributed by atoms with E-state index in [-0.39, 0.29) is 23.0 Å². The number of aliphatic hydroxyl groups is 1. The molecule has 0 unspecified atom stereocenters. The maximum Gasteiger partial charge on any atom is 0.274 e. The highest BCUT2D eigenvalue weighted by Crippen LogP contribution is 2.54. The zero-order chi connectivity index (χ0) is 19.2. The summed E-state index contributed by atoms with van der Waals surface area (Å²) in [6.45, 7) is 0. The summed E-state index contributed by atoms with van der Waals surface area (Å²) in [5.41, 5.74) is 2.10. The monoisotopic (exact) mass is 391 g/mol. The second-order valence-corrected chi connectivity index (χ2v) is 8.42. The van der Waals surface area contributed by atoms with Crippen molar-refractivity contribution < 1.29 is 14.3 Å². The third-order valence-corrected chi connectivity index (χ3v) is 6.42. The summed E-state index contributed by atoms with van der Waals surface area (Å²) in [4.78, 5) is 17.4. The predicted molar refractivity (Wildman–Crippen MR) is 101 cm³/mol. The van der Waals surface area contributed by atoms with E-state index in [1.807, 2.05) is 0 Å². The van der Waals surface area contributed by atoms with Gasteiger partial charge in [0.2, 0.25) is 0 Å². The highest BCUT2D eigenvalue weighted by atomic mass is 35.5. The highest BCUT2D eigenvalue weighted by Gasteiger charge is 2.46. The van der Waals surface area contributed by atoms with Crippen molar-refractivity contribution in [1.82, 2.24) is 9.55 Å². The van der Waals surface area contributed by atoms with Gasteiger partial charge in [-0.1, -0.05) is 11.6 Å². The fraction of sp³-hybridized carbons (Fsp3) is 0.500. The van der Waals surface area contributed by atoms with Crippen LogP contribution in [-0.2, 0) is 7.05 Å². The smallest absolute Gasteiger partial charge is 0.274 e. The van der Waals surface area contributed by atoms with Gasteiger partial charge >= 0.3 is 0 Å². The molecule has 0 saturated heterocycles. The van der Waals surface area contributed by atoms with Crippen molar-refractivity contribution in [1.29, 1.82) is 0 Å². The maximum atomic E-state index is 13.3. The van der Waals surface area contributed by atoms with E-state index in [9.17, 15) is 14.3 Å². The van der Waals surface area contributed by atoms with E-state index in [0.29, 0.717) is 16.8 Å². The van der Waals surface area contributed by atoms with Crippen molar-refractivity contribution in [2.45, 2.75) is 50.5 Å². The molecule has 5 nitrogen and oxygen atoms in total. The minimum atomic E-state index is -0.520. The molecule has 0 aliphatic heterocycles. The Balaban J connectivity index is 1.50. The number of nitrogens with zero attached hydrogens (tertiary/aromatic N) is 2. The molecule has 1 amide bonds. The summed E-state index contributed by atoms with van der Waals surface area (Å²) < 4.78 is 15.1. The molecule has 2 aliphatic carbocycles. The summed E-state index contributed by atoms with van der Waals surface area (Å²) in [5.74, 6) is -0.549. The van der Waals surface area contributed by atoms with Crippen LogP contribution in [0.15, 0.2) is 24.5 Å². The molecule has 2 aromatic rings. The average Bonchev–Trinajstić information content (AvgIpc) is 2.99. The standard InChI is InChI=1S/C20H23ClFN3O2/c1-25-11-23-17(12-4-6-20(7-5-12)9-14(26)10-20)18(25)19(27)24-13-2-3-16(22)15(21)8-13/h2-3,8,11-12,14,26H,4-7,9-10H2,1H3,(H,24,27). The van der Waals surface area contributed by atoms with Gasteiger partial charge in [0.1, 0.15) is 11.5 Å². The predicted octanol–water partition coefficient (Wildman–Crippen LogP) is 4.26. The summed E-state index contributed by atoms with van der Waals surface area (Å²) in [6, 6.07) is 4.12. The lowest BCUT2D eigenvalue weighted by Gasteiger charge is -2.49. The molecule has 1 aromatic carbocycles. The Morgan fingerprint density at radius 1 is 1.37 bits per heavy atom. The third-order valence-electron chi connectivity index (χ3n) is 6.13. The van der Waals surface area contributed by atoms with Crippen LogP contribution >= 0.6 is 11.6 Å². The Kier molecular flexibility index (Phi) is 4.72. The van der Waals surface area contributed by atoms with Crippen molar-refractivity contribution in [3.05, 3.63) is 46.8 Å². The van der Waals surface area contributed by atoms with Crippen molar-refractivity contribution in [2.75, 3.05) is 5.32 Å². The van der Waals surface area contributed by atoms with Gasteiger partial charge in [0.05, 0.1) is 23.1 Å². The topological polar surface area (TPSA) is 67.1 Å². The Hall–Kier alpha value is -1.92. The molecule has 0 radical (unpaired) electrons.